The molecule has 0 bridgehead atoms. The second kappa shape index (κ2) is 10.7. The first-order valence-electron chi connectivity index (χ1n) is 11.6. The molecule has 1 unspecified atom stereocenters. The third-order valence-electron chi connectivity index (χ3n) is 6.57. The maximum atomic E-state index is 13.6. The van der Waals surface area contributed by atoms with Gasteiger partial charge in [0.15, 0.2) is 0 Å². The molecule has 0 saturated heterocycles. The molecule has 2 aromatic carbocycles. The first kappa shape index (κ1) is 21.8. The Balaban J connectivity index is 1.46. The molecule has 1 aliphatic carbocycles. The number of quaternary nitrogens is 1. The molecule has 2 atom stereocenters. The van der Waals surface area contributed by atoms with Gasteiger partial charge in [0.05, 0.1) is 11.7 Å². The van der Waals surface area contributed by atoms with E-state index < -0.39 is 0 Å². The van der Waals surface area contributed by atoms with Gasteiger partial charge in [-0.05, 0) is 61.1 Å². The highest BCUT2D eigenvalue weighted by molar-refractivity contribution is 5.19. The molecule has 1 aliphatic rings. The second-order valence-electron chi connectivity index (χ2n) is 8.97. The SMILES string of the molecule is O[C@@H](Cc1ccccc1)C[NH+](Cc1cccn1Cc1cccc(F)c1)C1CCCCC1. The van der Waals surface area contributed by atoms with Crippen molar-refractivity contribution in [1.29, 1.82) is 0 Å². The first-order chi connectivity index (χ1) is 15.2. The number of hydrogen-bond acceptors (Lipinski definition) is 1. The number of nitrogens with zero attached hydrogens (tertiary/aromatic N) is 1. The molecular weight excluding hydrogens is 387 g/mol. The van der Waals surface area contributed by atoms with E-state index in [1.54, 1.807) is 12.1 Å². The number of halogens is 1. The minimum absolute atomic E-state index is 0.190. The van der Waals surface area contributed by atoms with Crippen molar-refractivity contribution in [2.45, 2.75) is 63.8 Å². The Morgan fingerprint density at radius 3 is 2.48 bits per heavy atom. The predicted octanol–water partition coefficient (Wildman–Crippen LogP) is 4.00. The lowest BCUT2D eigenvalue weighted by atomic mass is 9.93. The maximum absolute atomic E-state index is 13.6. The molecule has 0 radical (unpaired) electrons. The molecule has 1 fully saturated rings. The fraction of sp³-hybridized carbons (Fsp3) is 0.407. The van der Waals surface area contributed by atoms with Crippen LogP contribution in [0.5, 0.6) is 0 Å². The third-order valence-corrected chi connectivity index (χ3v) is 6.57. The van der Waals surface area contributed by atoms with Crippen molar-refractivity contribution in [3.63, 3.8) is 0 Å². The Kier molecular flexibility index (Phi) is 7.55. The fourth-order valence-electron chi connectivity index (χ4n) is 4.98. The van der Waals surface area contributed by atoms with Gasteiger partial charge in [-0.1, -0.05) is 48.9 Å². The Morgan fingerprint density at radius 1 is 0.935 bits per heavy atom. The van der Waals surface area contributed by atoms with Gasteiger partial charge in [-0.2, -0.15) is 0 Å². The Bertz CT molecular complexity index is 933. The molecule has 4 rings (SSSR count). The normalized spacial score (nSPS) is 16.8. The van der Waals surface area contributed by atoms with Crippen molar-refractivity contribution in [1.82, 2.24) is 4.57 Å². The van der Waals surface area contributed by atoms with Gasteiger partial charge in [-0.3, -0.25) is 0 Å². The molecule has 164 valence electrons. The zero-order chi connectivity index (χ0) is 21.5. The smallest absolute Gasteiger partial charge is 0.123 e. The van der Waals surface area contributed by atoms with Gasteiger partial charge in [0.1, 0.15) is 25.0 Å². The van der Waals surface area contributed by atoms with Crippen LogP contribution in [0.2, 0.25) is 0 Å². The fourth-order valence-corrected chi connectivity index (χ4v) is 4.98. The number of rotatable bonds is 9. The standard InChI is InChI=1S/C27H33FN2O/c28-24-12-7-11-23(17-24)19-29-16-8-15-26(29)20-30(25-13-5-2-6-14-25)21-27(31)18-22-9-3-1-4-10-22/h1,3-4,7-12,15-17,25,27,31H,2,5-6,13-14,18-21H2/p+1/t27-/m0/s1. The highest BCUT2D eigenvalue weighted by Gasteiger charge is 2.27. The van der Waals surface area contributed by atoms with E-state index >= 15 is 0 Å². The molecular formula is C27H34FN2O+. The van der Waals surface area contributed by atoms with Crippen molar-refractivity contribution >= 4 is 0 Å². The summed E-state index contributed by atoms with van der Waals surface area (Å²) >= 11 is 0. The Hall–Kier alpha value is -2.43. The number of aliphatic hydroxyl groups excluding tert-OH is 1. The van der Waals surface area contributed by atoms with E-state index in [9.17, 15) is 9.50 Å². The lowest BCUT2D eigenvalue weighted by Crippen LogP contribution is -3.15. The van der Waals surface area contributed by atoms with Gasteiger partial charge in [0.2, 0.25) is 0 Å². The molecule has 1 aromatic heterocycles. The van der Waals surface area contributed by atoms with Crippen LogP contribution >= 0.6 is 0 Å². The lowest BCUT2D eigenvalue weighted by molar-refractivity contribution is -0.943. The highest BCUT2D eigenvalue weighted by Crippen LogP contribution is 2.16. The van der Waals surface area contributed by atoms with Crippen molar-refractivity contribution < 1.29 is 14.4 Å². The largest absolute Gasteiger partial charge is 0.387 e. The Morgan fingerprint density at radius 2 is 1.71 bits per heavy atom. The number of nitrogens with one attached hydrogen (secondary N) is 1. The highest BCUT2D eigenvalue weighted by atomic mass is 19.1. The summed E-state index contributed by atoms with van der Waals surface area (Å²) in [4.78, 5) is 1.47. The summed E-state index contributed by atoms with van der Waals surface area (Å²) in [6.07, 6.45) is 8.79. The molecule has 1 saturated carbocycles. The number of benzene rings is 2. The summed E-state index contributed by atoms with van der Waals surface area (Å²) < 4.78 is 15.9. The quantitative estimate of drug-likeness (QED) is 0.537. The van der Waals surface area contributed by atoms with E-state index in [0.29, 0.717) is 19.0 Å². The molecule has 0 aliphatic heterocycles. The Labute approximate surface area is 185 Å². The van der Waals surface area contributed by atoms with Gasteiger partial charge < -0.3 is 14.6 Å². The van der Waals surface area contributed by atoms with Crippen LogP contribution in [-0.4, -0.2) is 28.4 Å². The zero-order valence-electron chi connectivity index (χ0n) is 18.2. The summed E-state index contributed by atoms with van der Waals surface area (Å²) in [5.41, 5.74) is 3.41. The average Bonchev–Trinajstić information content (AvgIpc) is 3.21. The van der Waals surface area contributed by atoms with Gasteiger partial charge in [0.25, 0.3) is 0 Å². The number of aliphatic hydroxyl groups is 1. The molecule has 2 N–H and O–H groups in total. The summed E-state index contributed by atoms with van der Waals surface area (Å²) in [6, 6.07) is 22.0. The van der Waals surface area contributed by atoms with Crippen LogP contribution < -0.4 is 4.90 Å². The van der Waals surface area contributed by atoms with Crippen LogP contribution in [0.25, 0.3) is 0 Å². The third kappa shape index (κ3) is 6.28. The van der Waals surface area contributed by atoms with Crippen LogP contribution in [0.3, 0.4) is 0 Å². The molecule has 0 amide bonds. The second-order valence-corrected chi connectivity index (χ2v) is 8.97. The van der Waals surface area contributed by atoms with Crippen molar-refractivity contribution in [3.05, 3.63) is 95.6 Å². The first-order valence-corrected chi connectivity index (χ1v) is 11.6. The lowest BCUT2D eigenvalue weighted by Gasteiger charge is -2.33. The van der Waals surface area contributed by atoms with Crippen LogP contribution in [-0.2, 0) is 19.5 Å². The molecule has 0 spiro atoms. The zero-order valence-corrected chi connectivity index (χ0v) is 18.2. The molecule has 3 aromatic rings. The number of aromatic nitrogens is 1. The van der Waals surface area contributed by atoms with Gasteiger partial charge >= 0.3 is 0 Å². The minimum Gasteiger partial charge on any atom is -0.387 e. The summed E-state index contributed by atoms with van der Waals surface area (Å²) in [7, 11) is 0. The van der Waals surface area contributed by atoms with Gasteiger partial charge in [-0.15, -0.1) is 0 Å². The molecule has 4 heteroatoms. The van der Waals surface area contributed by atoms with Gasteiger partial charge in [0, 0.05) is 19.2 Å². The van der Waals surface area contributed by atoms with Crippen molar-refractivity contribution in [2.75, 3.05) is 6.54 Å². The summed E-state index contributed by atoms with van der Waals surface area (Å²) in [6.45, 7) is 2.31. The monoisotopic (exact) mass is 421 g/mol. The van der Waals surface area contributed by atoms with Gasteiger partial charge in [-0.25, -0.2) is 4.39 Å². The van der Waals surface area contributed by atoms with Crippen LogP contribution in [0.1, 0.15) is 48.9 Å². The van der Waals surface area contributed by atoms with Crippen molar-refractivity contribution in [3.8, 4) is 0 Å². The predicted molar refractivity (Wildman–Crippen MR) is 122 cm³/mol. The topological polar surface area (TPSA) is 29.6 Å². The van der Waals surface area contributed by atoms with E-state index in [1.165, 1.54) is 54.3 Å². The molecule has 3 nitrogen and oxygen atoms in total. The van der Waals surface area contributed by atoms with E-state index in [1.807, 2.05) is 24.3 Å². The van der Waals surface area contributed by atoms with Crippen LogP contribution in [0.4, 0.5) is 4.39 Å². The summed E-state index contributed by atoms with van der Waals surface area (Å²) in [5, 5.41) is 10.9. The average molecular weight is 422 g/mol. The van der Waals surface area contributed by atoms with E-state index in [4.69, 9.17) is 0 Å². The summed E-state index contributed by atoms with van der Waals surface area (Å²) in [5.74, 6) is -0.190. The minimum atomic E-state index is -0.356. The molecule has 31 heavy (non-hydrogen) atoms. The number of hydrogen-bond donors (Lipinski definition) is 2. The van der Waals surface area contributed by atoms with Crippen LogP contribution in [0, 0.1) is 5.82 Å². The van der Waals surface area contributed by atoms with Crippen LogP contribution in [0.15, 0.2) is 72.9 Å². The van der Waals surface area contributed by atoms with E-state index in [-0.39, 0.29) is 11.9 Å². The molecule has 1 heterocycles. The van der Waals surface area contributed by atoms with E-state index in [0.717, 1.165) is 18.7 Å². The van der Waals surface area contributed by atoms with Crippen molar-refractivity contribution in [2.24, 2.45) is 0 Å². The van der Waals surface area contributed by atoms with E-state index in [2.05, 4.69) is 35.0 Å². The maximum Gasteiger partial charge on any atom is 0.123 e.